The molecule has 18 heavy (non-hydrogen) atoms. The summed E-state index contributed by atoms with van der Waals surface area (Å²) in [6.07, 6.45) is 1.31. The summed E-state index contributed by atoms with van der Waals surface area (Å²) in [6, 6.07) is 5.68. The maximum atomic E-state index is 5.74. The first-order valence-corrected chi connectivity index (χ1v) is 6.73. The molecule has 0 saturated heterocycles. The summed E-state index contributed by atoms with van der Waals surface area (Å²) in [7, 11) is 3.56. The van der Waals surface area contributed by atoms with Crippen LogP contribution in [0.2, 0.25) is 0 Å². The van der Waals surface area contributed by atoms with Gasteiger partial charge in [0, 0.05) is 26.0 Å². The van der Waals surface area contributed by atoms with Crippen LogP contribution in [0.1, 0.15) is 32.6 Å². The van der Waals surface area contributed by atoms with Crippen molar-refractivity contribution < 1.29 is 14.2 Å². The summed E-state index contributed by atoms with van der Waals surface area (Å²) in [5.74, 6) is 0. The zero-order valence-corrected chi connectivity index (χ0v) is 12.2. The monoisotopic (exact) mass is 266 g/mol. The van der Waals surface area contributed by atoms with Gasteiger partial charge < -0.3 is 14.2 Å². The van der Waals surface area contributed by atoms with Crippen molar-refractivity contribution in [1.82, 2.24) is 4.98 Å². The molecule has 0 spiro atoms. The van der Waals surface area contributed by atoms with Crippen LogP contribution in [0.15, 0.2) is 24.4 Å². The van der Waals surface area contributed by atoms with Gasteiger partial charge in [-0.05, 0) is 32.9 Å². The summed E-state index contributed by atoms with van der Waals surface area (Å²) in [4.78, 5) is 4.31. The Bertz CT molecular complexity index is 328. The number of hydrogen-bond acceptors (Lipinski definition) is 4. The molecule has 0 aliphatic heterocycles. The molecule has 99 valence electrons. The van der Waals surface area contributed by atoms with E-state index in [2.05, 4.69) is 15.2 Å². The minimum atomic E-state index is -1.01. The molecular weight excluding hydrogens is 246 g/mol. The highest BCUT2D eigenvalue weighted by Gasteiger charge is 2.38. The van der Waals surface area contributed by atoms with Gasteiger partial charge in [-0.3, -0.25) is 4.98 Å². The summed E-state index contributed by atoms with van der Waals surface area (Å²) in [5.41, 5.74) is -0.232. The molecule has 1 unspecified atom stereocenters. The third-order valence-corrected chi connectivity index (χ3v) is 2.90. The van der Waals surface area contributed by atoms with E-state index >= 15 is 0 Å². The Morgan fingerprint density at radius 1 is 1.17 bits per heavy atom. The minimum absolute atomic E-state index is 0.416. The van der Waals surface area contributed by atoms with Gasteiger partial charge in [-0.2, -0.15) is 0 Å². The zero-order chi connectivity index (χ0) is 13.4. The van der Waals surface area contributed by atoms with Gasteiger partial charge in [0.05, 0.1) is 5.69 Å². The average Bonchev–Trinajstić information content (AvgIpc) is 2.37. The molecule has 0 fully saturated rings. The van der Waals surface area contributed by atoms with Gasteiger partial charge in [-0.25, -0.2) is 0 Å². The maximum Gasteiger partial charge on any atom is 0.174 e. The third-order valence-electron chi connectivity index (χ3n) is 2.35. The fraction of sp³-hybridized carbons (Fsp3) is 0.615. The van der Waals surface area contributed by atoms with Gasteiger partial charge >= 0.3 is 0 Å². The van der Waals surface area contributed by atoms with Gasteiger partial charge in [0.25, 0.3) is 0 Å². The molecule has 1 heterocycles. The number of rotatable bonds is 8. The lowest BCUT2D eigenvalue weighted by Gasteiger charge is -2.36. The Balaban J connectivity index is 3.00. The SMILES string of the molecule is CCOC(c1ccccn1)C([Si])(OCC)OCC. The largest absolute Gasteiger partial charge is 0.367 e. The molecule has 4 nitrogen and oxygen atoms in total. The second-order valence-electron chi connectivity index (χ2n) is 3.62. The second kappa shape index (κ2) is 7.63. The van der Waals surface area contributed by atoms with E-state index in [1.165, 1.54) is 0 Å². The Morgan fingerprint density at radius 3 is 2.28 bits per heavy atom. The molecule has 3 radical (unpaired) electrons. The van der Waals surface area contributed by atoms with Gasteiger partial charge in [0.1, 0.15) is 16.3 Å². The topological polar surface area (TPSA) is 40.6 Å². The summed E-state index contributed by atoms with van der Waals surface area (Å²) in [6.45, 7) is 7.33. The van der Waals surface area contributed by atoms with E-state index in [0.29, 0.717) is 19.8 Å². The van der Waals surface area contributed by atoms with Crippen molar-refractivity contribution in [2.75, 3.05) is 19.8 Å². The number of ether oxygens (including phenoxy) is 3. The highest BCUT2D eigenvalue weighted by Crippen LogP contribution is 2.30. The van der Waals surface area contributed by atoms with Crippen molar-refractivity contribution in [2.45, 2.75) is 32.3 Å². The first kappa shape index (κ1) is 15.3. The molecule has 0 saturated carbocycles. The lowest BCUT2D eigenvalue weighted by Crippen LogP contribution is -2.44. The van der Waals surface area contributed by atoms with Crippen LogP contribution >= 0.6 is 0 Å². The number of aromatic nitrogens is 1. The van der Waals surface area contributed by atoms with Crippen molar-refractivity contribution in [3.8, 4) is 0 Å². The zero-order valence-electron chi connectivity index (χ0n) is 11.2. The van der Waals surface area contributed by atoms with E-state index < -0.39 is 11.5 Å². The number of pyridine rings is 1. The molecule has 1 atom stereocenters. The first-order chi connectivity index (χ1) is 8.68. The standard InChI is InChI=1S/C13H20NO3Si/c1-4-15-12(11-9-7-8-10-14-11)13(18,16-5-2)17-6-3/h7-10,12H,4-6H2,1-3H3. The molecule has 0 bridgehead atoms. The molecule has 1 aromatic heterocycles. The molecule has 0 amide bonds. The van der Waals surface area contributed by atoms with Crippen molar-refractivity contribution in [1.29, 1.82) is 0 Å². The van der Waals surface area contributed by atoms with Crippen molar-refractivity contribution in [2.24, 2.45) is 0 Å². The molecule has 0 aliphatic rings. The van der Waals surface area contributed by atoms with E-state index in [9.17, 15) is 0 Å². The van der Waals surface area contributed by atoms with E-state index in [-0.39, 0.29) is 0 Å². The fourth-order valence-electron chi connectivity index (χ4n) is 1.71. The predicted molar refractivity (Wildman–Crippen MR) is 70.3 cm³/mol. The molecular formula is C13H20NO3Si. The van der Waals surface area contributed by atoms with Crippen molar-refractivity contribution in [3.63, 3.8) is 0 Å². The smallest absolute Gasteiger partial charge is 0.174 e. The molecule has 1 rings (SSSR count). The molecule has 0 aromatic carbocycles. The fourth-order valence-corrected chi connectivity index (χ4v) is 2.23. The number of hydrogen-bond donors (Lipinski definition) is 0. The Kier molecular flexibility index (Phi) is 6.49. The van der Waals surface area contributed by atoms with E-state index in [1.54, 1.807) is 6.20 Å². The van der Waals surface area contributed by atoms with Crippen LogP contribution in [0, 0.1) is 0 Å². The predicted octanol–water partition coefficient (Wildman–Crippen LogP) is 2.05. The van der Waals surface area contributed by atoms with Gasteiger partial charge in [-0.1, -0.05) is 6.07 Å². The molecule has 1 aromatic rings. The number of nitrogens with zero attached hydrogens (tertiary/aromatic N) is 1. The molecule has 0 aliphatic carbocycles. The first-order valence-electron chi connectivity index (χ1n) is 6.23. The average molecular weight is 266 g/mol. The van der Waals surface area contributed by atoms with Crippen LogP contribution in [0.5, 0.6) is 0 Å². The quantitative estimate of drug-likeness (QED) is 0.533. The van der Waals surface area contributed by atoms with E-state index in [4.69, 9.17) is 14.2 Å². The van der Waals surface area contributed by atoms with Crippen LogP contribution in [-0.4, -0.2) is 40.5 Å². The van der Waals surface area contributed by atoms with Crippen molar-refractivity contribution >= 4 is 10.2 Å². The van der Waals surface area contributed by atoms with Crippen LogP contribution in [-0.2, 0) is 14.2 Å². The second-order valence-corrected chi connectivity index (χ2v) is 4.32. The van der Waals surface area contributed by atoms with E-state index in [0.717, 1.165) is 5.69 Å². The Labute approximate surface area is 112 Å². The highest BCUT2D eigenvalue weighted by molar-refractivity contribution is 6.14. The lowest BCUT2D eigenvalue weighted by molar-refractivity contribution is -0.239. The summed E-state index contributed by atoms with van der Waals surface area (Å²) < 4.78 is 17.1. The van der Waals surface area contributed by atoms with Crippen LogP contribution in [0.3, 0.4) is 0 Å². The van der Waals surface area contributed by atoms with Crippen LogP contribution in [0.25, 0.3) is 0 Å². The summed E-state index contributed by atoms with van der Waals surface area (Å²) in [5, 5.41) is 0. The maximum absolute atomic E-state index is 5.74. The third kappa shape index (κ3) is 3.88. The summed E-state index contributed by atoms with van der Waals surface area (Å²) >= 11 is 0. The van der Waals surface area contributed by atoms with Crippen LogP contribution in [0.4, 0.5) is 0 Å². The Hall–Kier alpha value is -0.753. The Morgan fingerprint density at radius 2 is 1.83 bits per heavy atom. The molecule has 5 heteroatoms. The highest BCUT2D eigenvalue weighted by atomic mass is 28.1. The van der Waals surface area contributed by atoms with Crippen molar-refractivity contribution in [3.05, 3.63) is 30.1 Å². The van der Waals surface area contributed by atoms with Crippen LogP contribution < -0.4 is 0 Å². The lowest BCUT2D eigenvalue weighted by atomic mass is 10.2. The minimum Gasteiger partial charge on any atom is -0.367 e. The molecule has 0 N–H and O–H groups in total. The van der Waals surface area contributed by atoms with Gasteiger partial charge in [-0.15, -0.1) is 0 Å². The van der Waals surface area contributed by atoms with Gasteiger partial charge in [0.2, 0.25) is 0 Å². The van der Waals surface area contributed by atoms with Gasteiger partial charge in [0.15, 0.2) is 5.41 Å². The normalized spacial score (nSPS) is 13.6. The van der Waals surface area contributed by atoms with E-state index in [1.807, 2.05) is 39.0 Å².